The van der Waals surface area contributed by atoms with Crippen LogP contribution < -0.4 is 15.8 Å². The molecule has 6 heteroatoms. The Bertz CT molecular complexity index is 817. The number of carbonyl (C=O) groups is 1. The predicted octanol–water partition coefficient (Wildman–Crippen LogP) is 1.02. The zero-order valence-corrected chi connectivity index (χ0v) is 15.7. The average Bonchev–Trinajstić information content (AvgIpc) is 2.63. The van der Waals surface area contributed by atoms with Gasteiger partial charge in [-0.3, -0.25) is 9.59 Å². The van der Waals surface area contributed by atoms with Crippen LogP contribution in [0.25, 0.3) is 10.9 Å². The molecule has 1 aliphatic rings. The third-order valence-corrected chi connectivity index (χ3v) is 5.45. The van der Waals surface area contributed by atoms with Gasteiger partial charge < -0.3 is 15.2 Å². The number of quaternary nitrogens is 1. The average molecular weight is 357 g/mol. The van der Waals surface area contributed by atoms with E-state index in [0.717, 1.165) is 17.9 Å². The van der Waals surface area contributed by atoms with E-state index in [-0.39, 0.29) is 11.5 Å². The van der Waals surface area contributed by atoms with Gasteiger partial charge in [-0.25, -0.2) is 4.98 Å². The van der Waals surface area contributed by atoms with E-state index in [1.165, 1.54) is 19.3 Å². The van der Waals surface area contributed by atoms with Crippen LogP contribution in [0.4, 0.5) is 0 Å². The molecule has 1 amide bonds. The number of fused-ring (bicyclic) bond motifs is 1. The summed E-state index contributed by atoms with van der Waals surface area (Å²) in [6.07, 6.45) is 4.73. The van der Waals surface area contributed by atoms with Crippen LogP contribution in [0.2, 0.25) is 0 Å². The Balaban J connectivity index is 1.64. The Morgan fingerprint density at radius 2 is 2.08 bits per heavy atom. The minimum atomic E-state index is -0.124. The molecular formula is C20H29N4O2+. The summed E-state index contributed by atoms with van der Waals surface area (Å²) in [5.74, 6) is 1.27. The molecule has 3 atom stereocenters. The first-order valence-electron chi connectivity index (χ1n) is 9.67. The second-order valence-corrected chi connectivity index (χ2v) is 7.42. The molecule has 140 valence electrons. The zero-order chi connectivity index (χ0) is 18.5. The summed E-state index contributed by atoms with van der Waals surface area (Å²) >= 11 is 0. The molecule has 0 spiro atoms. The minimum absolute atomic E-state index is 0.0868. The molecule has 3 N–H and O–H groups in total. The smallest absolute Gasteiger partial charge is 0.275 e. The molecule has 26 heavy (non-hydrogen) atoms. The minimum Gasteiger partial charge on any atom is -0.348 e. The van der Waals surface area contributed by atoms with Crippen molar-refractivity contribution >= 4 is 16.8 Å². The molecule has 3 rings (SSSR count). The van der Waals surface area contributed by atoms with Crippen molar-refractivity contribution < 1.29 is 9.69 Å². The van der Waals surface area contributed by atoms with E-state index in [2.05, 4.69) is 22.2 Å². The Kier molecular flexibility index (Phi) is 6.04. The van der Waals surface area contributed by atoms with Gasteiger partial charge in [-0.15, -0.1) is 0 Å². The molecule has 1 saturated carbocycles. The number of nitrogens with one attached hydrogen (secondary N) is 3. The number of H-pyrrole nitrogens is 1. The molecular weight excluding hydrogens is 328 g/mol. The van der Waals surface area contributed by atoms with Gasteiger partial charge in [0.05, 0.1) is 17.4 Å². The van der Waals surface area contributed by atoms with Gasteiger partial charge in [0.25, 0.3) is 11.5 Å². The van der Waals surface area contributed by atoms with E-state index in [4.69, 9.17) is 0 Å². The Morgan fingerprint density at radius 3 is 2.85 bits per heavy atom. The van der Waals surface area contributed by atoms with Crippen molar-refractivity contribution in [2.45, 2.75) is 52.1 Å². The quantitative estimate of drug-likeness (QED) is 0.722. The van der Waals surface area contributed by atoms with Gasteiger partial charge in [-0.1, -0.05) is 31.9 Å². The lowest BCUT2D eigenvalue weighted by Crippen LogP contribution is -3.11. The van der Waals surface area contributed by atoms with Gasteiger partial charge >= 0.3 is 0 Å². The van der Waals surface area contributed by atoms with Crippen LogP contribution in [0.15, 0.2) is 29.1 Å². The molecule has 6 nitrogen and oxygen atoms in total. The summed E-state index contributed by atoms with van der Waals surface area (Å²) in [6.45, 7) is 5.99. The van der Waals surface area contributed by atoms with Crippen molar-refractivity contribution in [3.8, 4) is 0 Å². The summed E-state index contributed by atoms with van der Waals surface area (Å²) in [5.41, 5.74) is 0.573. The molecule has 0 radical (unpaired) electrons. The van der Waals surface area contributed by atoms with Crippen molar-refractivity contribution in [3.63, 3.8) is 0 Å². The van der Waals surface area contributed by atoms with Crippen LogP contribution in [0, 0.1) is 5.92 Å². The van der Waals surface area contributed by atoms with Gasteiger partial charge in [0.2, 0.25) is 0 Å². The highest BCUT2D eigenvalue weighted by Crippen LogP contribution is 2.23. The molecule has 2 aromatic rings. The van der Waals surface area contributed by atoms with Crippen LogP contribution in [0.5, 0.6) is 0 Å². The van der Waals surface area contributed by atoms with Crippen LogP contribution in [0.3, 0.4) is 0 Å². The largest absolute Gasteiger partial charge is 0.348 e. The molecule has 0 saturated heterocycles. The molecule has 1 aliphatic carbocycles. The maximum Gasteiger partial charge on any atom is 0.275 e. The molecule has 1 fully saturated rings. The second kappa shape index (κ2) is 8.45. The first-order valence-corrected chi connectivity index (χ1v) is 9.67. The number of hydrogen-bond acceptors (Lipinski definition) is 3. The van der Waals surface area contributed by atoms with Gasteiger partial charge in [-0.05, 0) is 37.8 Å². The van der Waals surface area contributed by atoms with Crippen molar-refractivity contribution in [2.75, 3.05) is 13.1 Å². The molecule has 1 heterocycles. The van der Waals surface area contributed by atoms with Crippen LogP contribution in [-0.2, 0) is 11.3 Å². The zero-order valence-electron chi connectivity index (χ0n) is 15.7. The number of para-hydroxylation sites is 1. The fourth-order valence-corrected chi connectivity index (χ4v) is 3.78. The van der Waals surface area contributed by atoms with Crippen LogP contribution in [0.1, 0.15) is 45.4 Å². The topological polar surface area (TPSA) is 79.3 Å². The number of benzene rings is 1. The third kappa shape index (κ3) is 4.49. The summed E-state index contributed by atoms with van der Waals surface area (Å²) in [4.78, 5) is 33.2. The fraction of sp³-hybridized carbons (Fsp3) is 0.550. The van der Waals surface area contributed by atoms with Crippen molar-refractivity contribution in [2.24, 2.45) is 5.92 Å². The Labute approximate surface area is 154 Å². The highest BCUT2D eigenvalue weighted by Gasteiger charge is 2.24. The summed E-state index contributed by atoms with van der Waals surface area (Å²) < 4.78 is 0. The highest BCUT2D eigenvalue weighted by molar-refractivity contribution is 5.77. The van der Waals surface area contributed by atoms with Crippen LogP contribution >= 0.6 is 0 Å². The van der Waals surface area contributed by atoms with Gasteiger partial charge in [0.1, 0.15) is 6.54 Å². The number of carbonyl (C=O) groups excluding carboxylic acids is 1. The number of likely N-dealkylation sites (N-methyl/N-ethyl adjacent to an activating group) is 1. The number of amides is 1. The standard InChI is InChI=1S/C20H28N4O2/c1-3-24(13-19(25)22-16-10-6-4-8-14(16)2)12-18-21-17-11-7-5-9-15(17)20(26)23-18/h5,7,9,11,14,16H,3-4,6,8,10,12-13H2,1-2H3,(H,22,25)(H,21,23,26)/p+1/t14-,16+/m0/s1. The Morgan fingerprint density at radius 1 is 1.31 bits per heavy atom. The van der Waals surface area contributed by atoms with E-state index in [1.54, 1.807) is 6.07 Å². The fourth-order valence-electron chi connectivity index (χ4n) is 3.78. The first-order chi connectivity index (χ1) is 12.6. The first kappa shape index (κ1) is 18.6. The van der Waals surface area contributed by atoms with Gasteiger partial charge in [-0.2, -0.15) is 0 Å². The maximum atomic E-state index is 12.5. The molecule has 1 aromatic heterocycles. The van der Waals surface area contributed by atoms with Gasteiger partial charge in [0, 0.05) is 6.04 Å². The molecule has 0 aliphatic heterocycles. The molecule has 0 bridgehead atoms. The summed E-state index contributed by atoms with van der Waals surface area (Å²) in [5, 5.41) is 3.80. The lowest BCUT2D eigenvalue weighted by Gasteiger charge is -2.29. The van der Waals surface area contributed by atoms with Gasteiger partial charge in [0.15, 0.2) is 12.4 Å². The molecule has 1 unspecified atom stereocenters. The van der Waals surface area contributed by atoms with Crippen LogP contribution in [-0.4, -0.2) is 35.0 Å². The van der Waals surface area contributed by atoms with Crippen molar-refractivity contribution in [1.82, 2.24) is 15.3 Å². The third-order valence-electron chi connectivity index (χ3n) is 5.45. The van der Waals surface area contributed by atoms with E-state index in [9.17, 15) is 9.59 Å². The van der Waals surface area contributed by atoms with E-state index >= 15 is 0 Å². The number of rotatable bonds is 6. The number of aromatic amines is 1. The number of hydrogen-bond donors (Lipinski definition) is 3. The SMILES string of the molecule is CC[NH+](CC(=O)N[C@@H]1CCCC[C@@H]1C)Cc1nc2ccccc2c(=O)[nH]1. The highest BCUT2D eigenvalue weighted by atomic mass is 16.2. The lowest BCUT2D eigenvalue weighted by atomic mass is 9.86. The molecule has 1 aromatic carbocycles. The van der Waals surface area contributed by atoms with E-state index in [0.29, 0.717) is 41.8 Å². The second-order valence-electron chi connectivity index (χ2n) is 7.42. The maximum absolute atomic E-state index is 12.5. The predicted molar refractivity (Wildman–Crippen MR) is 102 cm³/mol. The number of nitrogens with zero attached hydrogens (tertiary/aromatic N) is 1. The monoisotopic (exact) mass is 357 g/mol. The van der Waals surface area contributed by atoms with E-state index < -0.39 is 0 Å². The van der Waals surface area contributed by atoms with Crippen molar-refractivity contribution in [3.05, 3.63) is 40.4 Å². The number of aromatic nitrogens is 2. The van der Waals surface area contributed by atoms with Crippen molar-refractivity contribution in [1.29, 1.82) is 0 Å². The lowest BCUT2D eigenvalue weighted by molar-refractivity contribution is -0.904. The summed E-state index contributed by atoms with van der Waals surface area (Å²) in [6, 6.07) is 7.62. The Hall–Kier alpha value is -2.21. The van der Waals surface area contributed by atoms with E-state index in [1.807, 2.05) is 25.1 Å². The normalized spacial score (nSPS) is 21.5. The summed E-state index contributed by atoms with van der Waals surface area (Å²) in [7, 11) is 0.